The Bertz CT molecular complexity index is 643. The summed E-state index contributed by atoms with van der Waals surface area (Å²) in [5, 5.41) is 18.7. The van der Waals surface area contributed by atoms with Gasteiger partial charge in [0.15, 0.2) is 0 Å². The van der Waals surface area contributed by atoms with Crippen LogP contribution in [0.15, 0.2) is 41.3 Å². The third kappa shape index (κ3) is 2.59. The molecule has 1 N–H and O–H groups in total. The molecule has 0 radical (unpaired) electrons. The van der Waals surface area contributed by atoms with Crippen LogP contribution in [-0.4, -0.2) is 25.2 Å². The normalized spacial score (nSPS) is 10.6. The highest BCUT2D eigenvalue weighted by molar-refractivity contribution is 5.58. The standard InChI is InChI=1S/C12H12N6O/c1-18-7-11(15-17-18)6-13-10-4-2-9(3-5-10)12-16-14-8-19-12/h2-5,7-8,13H,6H2,1H3. The Morgan fingerprint density at radius 1 is 1.21 bits per heavy atom. The van der Waals surface area contributed by atoms with Crippen LogP contribution in [0.5, 0.6) is 0 Å². The van der Waals surface area contributed by atoms with Crippen molar-refractivity contribution >= 4 is 5.69 Å². The van der Waals surface area contributed by atoms with Gasteiger partial charge in [-0.05, 0) is 24.3 Å². The average molecular weight is 256 g/mol. The van der Waals surface area contributed by atoms with E-state index in [1.165, 1.54) is 6.39 Å². The van der Waals surface area contributed by atoms with Gasteiger partial charge < -0.3 is 9.73 Å². The number of aromatic nitrogens is 5. The Morgan fingerprint density at radius 2 is 2.05 bits per heavy atom. The molecule has 1 aromatic carbocycles. The van der Waals surface area contributed by atoms with E-state index < -0.39 is 0 Å². The Kier molecular flexibility index (Phi) is 2.93. The van der Waals surface area contributed by atoms with E-state index in [0.29, 0.717) is 12.4 Å². The van der Waals surface area contributed by atoms with E-state index >= 15 is 0 Å². The number of hydrogen-bond acceptors (Lipinski definition) is 6. The highest BCUT2D eigenvalue weighted by Gasteiger charge is 2.03. The van der Waals surface area contributed by atoms with Gasteiger partial charge in [-0.3, -0.25) is 4.68 Å². The first-order valence-corrected chi connectivity index (χ1v) is 5.77. The summed E-state index contributed by atoms with van der Waals surface area (Å²) in [7, 11) is 1.84. The molecule has 0 fully saturated rings. The molecule has 3 aromatic rings. The van der Waals surface area contributed by atoms with Crippen molar-refractivity contribution in [3.63, 3.8) is 0 Å². The van der Waals surface area contributed by atoms with Crippen molar-refractivity contribution in [2.24, 2.45) is 7.05 Å². The second kappa shape index (κ2) is 4.89. The molecule has 7 nitrogen and oxygen atoms in total. The van der Waals surface area contributed by atoms with Crippen LogP contribution in [0, 0.1) is 0 Å². The summed E-state index contributed by atoms with van der Waals surface area (Å²) in [5.74, 6) is 0.514. The molecule has 2 aromatic heterocycles. The van der Waals surface area contributed by atoms with Crippen LogP contribution >= 0.6 is 0 Å². The number of rotatable bonds is 4. The fourth-order valence-corrected chi connectivity index (χ4v) is 1.70. The van der Waals surface area contributed by atoms with Crippen LogP contribution in [0.4, 0.5) is 5.69 Å². The Balaban J connectivity index is 1.66. The van der Waals surface area contributed by atoms with Crippen LogP contribution in [0.25, 0.3) is 11.5 Å². The quantitative estimate of drug-likeness (QED) is 0.761. The predicted octanol–water partition coefficient (Wildman–Crippen LogP) is 1.48. The average Bonchev–Trinajstić information content (AvgIpc) is 3.08. The van der Waals surface area contributed by atoms with Crippen molar-refractivity contribution in [3.05, 3.63) is 42.5 Å². The number of nitrogens with one attached hydrogen (secondary N) is 1. The van der Waals surface area contributed by atoms with Crippen molar-refractivity contribution in [2.75, 3.05) is 5.32 Å². The third-order valence-electron chi connectivity index (χ3n) is 2.62. The van der Waals surface area contributed by atoms with E-state index in [-0.39, 0.29) is 0 Å². The molecule has 0 amide bonds. The highest BCUT2D eigenvalue weighted by Crippen LogP contribution is 2.19. The maximum Gasteiger partial charge on any atom is 0.247 e. The molecule has 0 aliphatic carbocycles. The van der Waals surface area contributed by atoms with E-state index in [4.69, 9.17) is 4.42 Å². The molecule has 0 saturated carbocycles. The summed E-state index contributed by atoms with van der Waals surface area (Å²) < 4.78 is 6.80. The minimum atomic E-state index is 0.514. The van der Waals surface area contributed by atoms with Gasteiger partial charge in [-0.15, -0.1) is 15.3 Å². The first-order valence-electron chi connectivity index (χ1n) is 5.77. The molecule has 0 saturated heterocycles. The fourth-order valence-electron chi connectivity index (χ4n) is 1.70. The first-order chi connectivity index (χ1) is 9.31. The molecule has 0 bridgehead atoms. The third-order valence-corrected chi connectivity index (χ3v) is 2.62. The summed E-state index contributed by atoms with van der Waals surface area (Å²) in [6.45, 7) is 0.633. The fraction of sp³-hybridized carbons (Fsp3) is 0.167. The van der Waals surface area contributed by atoms with Gasteiger partial charge in [0, 0.05) is 24.5 Å². The summed E-state index contributed by atoms with van der Waals surface area (Å²) in [6, 6.07) is 7.75. The van der Waals surface area contributed by atoms with Crippen LogP contribution in [0.1, 0.15) is 5.69 Å². The molecule has 0 aliphatic rings. The van der Waals surface area contributed by atoms with Crippen LogP contribution in [0.3, 0.4) is 0 Å². The van der Waals surface area contributed by atoms with Crippen LogP contribution in [0.2, 0.25) is 0 Å². The molecule has 0 unspecified atom stereocenters. The SMILES string of the molecule is Cn1cc(CNc2ccc(-c3nnco3)cc2)nn1. The molecule has 7 heteroatoms. The summed E-state index contributed by atoms with van der Waals surface area (Å²) in [6.07, 6.45) is 3.19. The van der Waals surface area contributed by atoms with Crippen molar-refractivity contribution in [2.45, 2.75) is 6.54 Å². The molecule has 0 atom stereocenters. The summed E-state index contributed by atoms with van der Waals surface area (Å²) in [4.78, 5) is 0. The zero-order valence-electron chi connectivity index (χ0n) is 10.3. The van der Waals surface area contributed by atoms with Gasteiger partial charge in [0.1, 0.15) is 5.69 Å². The molecule has 19 heavy (non-hydrogen) atoms. The lowest BCUT2D eigenvalue weighted by atomic mass is 10.2. The second-order valence-electron chi connectivity index (χ2n) is 4.06. The highest BCUT2D eigenvalue weighted by atomic mass is 16.4. The first kappa shape index (κ1) is 11.4. The van der Waals surface area contributed by atoms with Crippen molar-refractivity contribution in [1.82, 2.24) is 25.2 Å². The maximum absolute atomic E-state index is 5.13. The molecular formula is C12H12N6O. The zero-order chi connectivity index (χ0) is 13.1. The largest absolute Gasteiger partial charge is 0.423 e. The van der Waals surface area contributed by atoms with Gasteiger partial charge in [0.05, 0.1) is 6.54 Å². The molecule has 96 valence electrons. The van der Waals surface area contributed by atoms with Gasteiger partial charge in [0.25, 0.3) is 0 Å². The van der Waals surface area contributed by atoms with Gasteiger partial charge in [-0.25, -0.2) is 0 Å². The van der Waals surface area contributed by atoms with Gasteiger partial charge in [-0.2, -0.15) is 0 Å². The van der Waals surface area contributed by atoms with Crippen molar-refractivity contribution in [1.29, 1.82) is 0 Å². The Morgan fingerprint density at radius 3 is 2.68 bits per heavy atom. The molecular weight excluding hydrogens is 244 g/mol. The number of nitrogens with zero attached hydrogens (tertiary/aromatic N) is 5. The maximum atomic E-state index is 5.13. The molecule has 0 aliphatic heterocycles. The van der Waals surface area contributed by atoms with Crippen LogP contribution in [-0.2, 0) is 13.6 Å². The van der Waals surface area contributed by atoms with E-state index in [0.717, 1.165) is 16.9 Å². The number of anilines is 1. The van der Waals surface area contributed by atoms with Gasteiger partial charge in [0.2, 0.25) is 12.3 Å². The van der Waals surface area contributed by atoms with Crippen molar-refractivity contribution in [3.8, 4) is 11.5 Å². The lowest BCUT2D eigenvalue weighted by Crippen LogP contribution is -1.99. The van der Waals surface area contributed by atoms with Gasteiger partial charge in [-0.1, -0.05) is 5.21 Å². The topological polar surface area (TPSA) is 81.7 Å². The second-order valence-corrected chi connectivity index (χ2v) is 4.06. The van der Waals surface area contributed by atoms with E-state index in [1.54, 1.807) is 4.68 Å². The van der Waals surface area contributed by atoms with E-state index in [2.05, 4.69) is 25.8 Å². The number of aryl methyl sites for hydroxylation is 1. The summed E-state index contributed by atoms with van der Waals surface area (Å²) >= 11 is 0. The minimum Gasteiger partial charge on any atom is -0.423 e. The predicted molar refractivity (Wildman–Crippen MR) is 68.1 cm³/mol. The Labute approximate surface area is 109 Å². The summed E-state index contributed by atoms with van der Waals surface area (Å²) in [5.41, 5.74) is 2.78. The molecule has 0 spiro atoms. The minimum absolute atomic E-state index is 0.514. The Hall–Kier alpha value is -2.70. The van der Waals surface area contributed by atoms with E-state index in [9.17, 15) is 0 Å². The zero-order valence-corrected chi connectivity index (χ0v) is 10.3. The van der Waals surface area contributed by atoms with Crippen LogP contribution < -0.4 is 5.32 Å². The smallest absolute Gasteiger partial charge is 0.247 e. The van der Waals surface area contributed by atoms with Crippen molar-refractivity contribution < 1.29 is 4.42 Å². The number of hydrogen-bond donors (Lipinski definition) is 1. The monoisotopic (exact) mass is 256 g/mol. The number of benzene rings is 1. The molecule has 3 rings (SSSR count). The molecule has 2 heterocycles. The lowest BCUT2D eigenvalue weighted by molar-refractivity contribution is 0.568. The lowest BCUT2D eigenvalue weighted by Gasteiger charge is -2.04. The van der Waals surface area contributed by atoms with Gasteiger partial charge >= 0.3 is 0 Å². The van der Waals surface area contributed by atoms with E-state index in [1.807, 2.05) is 37.5 Å².